The van der Waals surface area contributed by atoms with Crippen LogP contribution in [0.2, 0.25) is 0 Å². The number of benzene rings is 2. The van der Waals surface area contributed by atoms with Crippen LogP contribution in [-0.4, -0.2) is 28.9 Å². The van der Waals surface area contributed by atoms with Crippen molar-refractivity contribution in [1.82, 2.24) is 4.57 Å². The quantitative estimate of drug-likeness (QED) is 0.395. The number of halogens is 1. The standard InChI is InChI=1S/C20H17N3O5.ClH/c1-28-12-4-6-14-15(10-12)19(24)17-13-5-3-11(23(26)27)9-16(13)20(25)22(18(14)17)8-2-7-21;/h3-6,9-10H,2,7-8,21H2,1H3;1H. The normalized spacial score (nSPS) is 11.7. The summed E-state index contributed by atoms with van der Waals surface area (Å²) in [6.45, 7) is 0.687. The molecule has 0 spiro atoms. The number of ether oxygens (including phenoxy) is 1. The smallest absolute Gasteiger partial charge is 0.270 e. The highest BCUT2D eigenvalue weighted by Gasteiger charge is 2.33. The van der Waals surface area contributed by atoms with Crippen LogP contribution in [0.3, 0.4) is 0 Å². The molecule has 0 unspecified atom stereocenters. The average Bonchev–Trinajstić information content (AvgIpc) is 2.99. The van der Waals surface area contributed by atoms with Crippen molar-refractivity contribution in [3.63, 3.8) is 0 Å². The number of hydrogen-bond acceptors (Lipinski definition) is 6. The highest BCUT2D eigenvalue weighted by Crippen LogP contribution is 2.41. The number of nitrogens with two attached hydrogens (primary N) is 1. The zero-order valence-electron chi connectivity index (χ0n) is 15.5. The van der Waals surface area contributed by atoms with Crippen LogP contribution in [0.5, 0.6) is 5.75 Å². The van der Waals surface area contributed by atoms with Gasteiger partial charge in [0, 0.05) is 35.2 Å². The zero-order valence-corrected chi connectivity index (χ0v) is 16.3. The largest absolute Gasteiger partial charge is 0.497 e. The maximum absolute atomic E-state index is 13.2. The Morgan fingerprint density at radius 2 is 1.86 bits per heavy atom. The number of methoxy groups -OCH3 is 1. The molecular formula is C20H18ClN3O5. The number of carbonyl (C=O) groups excluding carboxylic acids is 1. The number of carbonyl (C=O) groups is 1. The summed E-state index contributed by atoms with van der Waals surface area (Å²) >= 11 is 0. The van der Waals surface area contributed by atoms with Gasteiger partial charge in [0.25, 0.3) is 11.2 Å². The predicted octanol–water partition coefficient (Wildman–Crippen LogP) is 2.90. The Morgan fingerprint density at radius 1 is 1.10 bits per heavy atom. The topological polar surface area (TPSA) is 117 Å². The van der Waals surface area contributed by atoms with Gasteiger partial charge in [-0.25, -0.2) is 0 Å². The van der Waals surface area contributed by atoms with Crippen LogP contribution in [0.25, 0.3) is 22.0 Å². The Labute approximate surface area is 171 Å². The number of nitro benzene ring substituents is 1. The van der Waals surface area contributed by atoms with Gasteiger partial charge in [-0.2, -0.15) is 0 Å². The molecule has 3 aromatic rings. The van der Waals surface area contributed by atoms with Gasteiger partial charge in [0.05, 0.1) is 28.7 Å². The van der Waals surface area contributed by atoms with Crippen molar-refractivity contribution in [3.8, 4) is 17.0 Å². The molecule has 0 aliphatic heterocycles. The van der Waals surface area contributed by atoms with E-state index in [-0.39, 0.29) is 34.8 Å². The van der Waals surface area contributed by atoms with Gasteiger partial charge < -0.3 is 15.0 Å². The first-order valence-corrected chi connectivity index (χ1v) is 8.76. The van der Waals surface area contributed by atoms with Crippen LogP contribution in [0.15, 0.2) is 41.2 Å². The molecule has 0 fully saturated rings. The molecule has 0 amide bonds. The number of pyridine rings is 1. The molecule has 29 heavy (non-hydrogen) atoms. The molecule has 4 rings (SSSR count). The Kier molecular flexibility index (Phi) is 5.41. The number of ketones is 1. The highest BCUT2D eigenvalue weighted by molar-refractivity contribution is 6.26. The monoisotopic (exact) mass is 415 g/mol. The first-order valence-electron chi connectivity index (χ1n) is 8.76. The predicted molar refractivity (Wildman–Crippen MR) is 111 cm³/mol. The minimum absolute atomic E-state index is 0. The van der Waals surface area contributed by atoms with Gasteiger partial charge in [-0.15, -0.1) is 12.4 Å². The fourth-order valence-corrected chi connectivity index (χ4v) is 3.70. The van der Waals surface area contributed by atoms with Crippen molar-refractivity contribution >= 4 is 34.7 Å². The second-order valence-corrected chi connectivity index (χ2v) is 6.55. The number of non-ortho nitro benzene ring substituents is 1. The Balaban J connectivity index is 0.00000240. The van der Waals surface area contributed by atoms with E-state index in [1.807, 2.05) is 0 Å². The highest BCUT2D eigenvalue weighted by atomic mass is 35.5. The number of rotatable bonds is 5. The van der Waals surface area contributed by atoms with Crippen molar-refractivity contribution in [2.75, 3.05) is 13.7 Å². The number of aromatic nitrogens is 1. The van der Waals surface area contributed by atoms with Crippen molar-refractivity contribution in [2.24, 2.45) is 5.73 Å². The molecule has 0 saturated carbocycles. The van der Waals surface area contributed by atoms with Gasteiger partial charge in [-0.1, -0.05) is 0 Å². The molecule has 2 aromatic carbocycles. The summed E-state index contributed by atoms with van der Waals surface area (Å²) in [4.78, 5) is 37.0. The van der Waals surface area contributed by atoms with E-state index in [0.29, 0.717) is 53.0 Å². The van der Waals surface area contributed by atoms with Crippen LogP contribution in [-0.2, 0) is 6.54 Å². The van der Waals surface area contributed by atoms with Gasteiger partial charge in [0.15, 0.2) is 5.78 Å². The Hall–Kier alpha value is -3.23. The molecule has 0 saturated heterocycles. The van der Waals surface area contributed by atoms with Crippen molar-refractivity contribution in [1.29, 1.82) is 0 Å². The van der Waals surface area contributed by atoms with Gasteiger partial charge in [0.1, 0.15) is 5.75 Å². The van der Waals surface area contributed by atoms with E-state index >= 15 is 0 Å². The SMILES string of the molecule is COc1ccc2c(c1)C(=O)c1c-2n(CCCN)c(=O)c2cc([N+](=O)[O-])ccc12.Cl. The third-order valence-corrected chi connectivity index (χ3v) is 5.00. The van der Waals surface area contributed by atoms with Crippen LogP contribution < -0.4 is 16.0 Å². The Morgan fingerprint density at radius 3 is 2.52 bits per heavy atom. The fourth-order valence-electron chi connectivity index (χ4n) is 3.70. The van der Waals surface area contributed by atoms with E-state index in [4.69, 9.17) is 10.5 Å². The minimum Gasteiger partial charge on any atom is -0.497 e. The molecular weight excluding hydrogens is 398 g/mol. The summed E-state index contributed by atoms with van der Waals surface area (Å²) < 4.78 is 6.73. The molecule has 0 radical (unpaired) electrons. The summed E-state index contributed by atoms with van der Waals surface area (Å²) in [5.41, 5.74) is 7.06. The summed E-state index contributed by atoms with van der Waals surface area (Å²) in [5.74, 6) is 0.306. The summed E-state index contributed by atoms with van der Waals surface area (Å²) in [6.07, 6.45) is 0.534. The van der Waals surface area contributed by atoms with Crippen LogP contribution in [0, 0.1) is 10.1 Å². The number of hydrogen-bond donors (Lipinski definition) is 1. The van der Waals surface area contributed by atoms with E-state index in [0.717, 1.165) is 0 Å². The van der Waals surface area contributed by atoms with Crippen molar-refractivity contribution < 1.29 is 14.5 Å². The maximum Gasteiger partial charge on any atom is 0.270 e. The first kappa shape index (κ1) is 20.5. The molecule has 1 aliphatic carbocycles. The van der Waals surface area contributed by atoms with Gasteiger partial charge in [-0.05, 0) is 37.2 Å². The minimum atomic E-state index is -0.558. The lowest BCUT2D eigenvalue weighted by atomic mass is 10.0. The van der Waals surface area contributed by atoms with Crippen LogP contribution >= 0.6 is 12.4 Å². The summed E-state index contributed by atoms with van der Waals surface area (Å²) in [5, 5.41) is 11.7. The lowest BCUT2D eigenvalue weighted by Crippen LogP contribution is -2.24. The second kappa shape index (κ2) is 7.65. The van der Waals surface area contributed by atoms with Crippen molar-refractivity contribution in [2.45, 2.75) is 13.0 Å². The molecule has 1 heterocycles. The molecule has 2 N–H and O–H groups in total. The van der Waals surface area contributed by atoms with Crippen LogP contribution in [0.4, 0.5) is 5.69 Å². The zero-order chi connectivity index (χ0) is 20.0. The van der Waals surface area contributed by atoms with Crippen molar-refractivity contribution in [3.05, 3.63) is 68.0 Å². The molecule has 0 bridgehead atoms. The van der Waals surface area contributed by atoms with Gasteiger partial charge >= 0.3 is 0 Å². The maximum atomic E-state index is 13.2. The number of nitrogens with zero attached hydrogens (tertiary/aromatic N) is 2. The van der Waals surface area contributed by atoms with E-state index in [2.05, 4.69) is 0 Å². The van der Waals surface area contributed by atoms with E-state index in [9.17, 15) is 19.7 Å². The van der Waals surface area contributed by atoms with E-state index in [1.54, 1.807) is 18.2 Å². The fraction of sp³-hybridized carbons (Fsp3) is 0.200. The molecule has 0 atom stereocenters. The number of nitro groups is 1. The second-order valence-electron chi connectivity index (χ2n) is 6.55. The van der Waals surface area contributed by atoms with Crippen LogP contribution in [0.1, 0.15) is 22.3 Å². The lowest BCUT2D eigenvalue weighted by molar-refractivity contribution is -0.384. The molecule has 1 aliphatic rings. The number of fused-ring (bicyclic) bond motifs is 5. The first-order chi connectivity index (χ1) is 13.5. The molecule has 8 nitrogen and oxygen atoms in total. The third kappa shape index (κ3) is 3.06. The van der Waals surface area contributed by atoms with E-state index < -0.39 is 4.92 Å². The molecule has 1 aromatic heterocycles. The third-order valence-electron chi connectivity index (χ3n) is 5.00. The summed E-state index contributed by atoms with van der Waals surface area (Å²) in [7, 11) is 1.51. The summed E-state index contributed by atoms with van der Waals surface area (Å²) in [6, 6.07) is 9.15. The van der Waals surface area contributed by atoms with Gasteiger partial charge in [-0.3, -0.25) is 19.7 Å². The molecule has 9 heteroatoms. The van der Waals surface area contributed by atoms with E-state index in [1.165, 1.54) is 29.9 Å². The molecule has 150 valence electrons. The van der Waals surface area contributed by atoms with Gasteiger partial charge in [0.2, 0.25) is 0 Å². The lowest BCUT2D eigenvalue weighted by Gasteiger charge is -2.14. The Bertz CT molecular complexity index is 1220. The average molecular weight is 416 g/mol.